The molecule has 0 unspecified atom stereocenters. The van der Waals surface area contributed by atoms with E-state index in [1.807, 2.05) is 45.0 Å². The molecule has 0 N–H and O–H groups in total. The molecule has 1 aromatic carbocycles. The number of ether oxygens (including phenoxy) is 1. The third-order valence-corrected chi connectivity index (χ3v) is 1.62. The van der Waals surface area contributed by atoms with Gasteiger partial charge in [0, 0.05) is 5.56 Å². The normalized spacial score (nSPS) is 11.1. The average Bonchev–Trinajstić information content (AvgIpc) is 2.06. The molecule has 0 aliphatic rings. The second kappa shape index (κ2) is 4.22. The predicted octanol–water partition coefficient (Wildman–Crippen LogP) is 3.13. The van der Waals surface area contributed by atoms with Gasteiger partial charge in [0.2, 0.25) is 0 Å². The second-order valence-corrected chi connectivity index (χ2v) is 4.11. The van der Waals surface area contributed by atoms with E-state index in [9.17, 15) is 4.91 Å². The van der Waals surface area contributed by atoms with Crippen molar-refractivity contribution >= 4 is 0 Å². The van der Waals surface area contributed by atoms with E-state index in [1.54, 1.807) is 0 Å². The Balaban J connectivity index is 2.89. The molecule has 0 spiro atoms. The molecule has 3 nitrogen and oxygen atoms in total. The van der Waals surface area contributed by atoms with E-state index in [0.717, 1.165) is 11.3 Å². The predicted molar refractivity (Wildman–Crippen MR) is 56.3 cm³/mol. The van der Waals surface area contributed by atoms with Crippen LogP contribution in [0, 0.1) is 4.91 Å². The Kier molecular flexibility index (Phi) is 3.23. The standard InChI is InChI=1S/C11H15NO2/c1-11(2,3)14-10-7-5-4-6-9(10)8-12-13/h4-7H,8H2,1-3H3. The van der Waals surface area contributed by atoms with Gasteiger partial charge in [-0.3, -0.25) is 0 Å². The van der Waals surface area contributed by atoms with Gasteiger partial charge in [-0.05, 0) is 26.8 Å². The van der Waals surface area contributed by atoms with Crippen molar-refractivity contribution < 1.29 is 4.74 Å². The molecule has 0 aliphatic carbocycles. The molecule has 0 saturated heterocycles. The molecule has 1 aromatic rings. The molecule has 0 radical (unpaired) electrons. The van der Waals surface area contributed by atoms with Crippen LogP contribution in [0.25, 0.3) is 0 Å². The molecule has 0 fully saturated rings. The van der Waals surface area contributed by atoms with E-state index in [-0.39, 0.29) is 12.1 Å². The first-order valence-corrected chi connectivity index (χ1v) is 4.59. The number of para-hydroxylation sites is 1. The Hall–Kier alpha value is -1.38. The number of nitrogens with zero attached hydrogens (tertiary/aromatic N) is 1. The first-order chi connectivity index (χ1) is 6.53. The quantitative estimate of drug-likeness (QED) is 0.692. The SMILES string of the molecule is CC(C)(C)Oc1ccccc1CN=O. The summed E-state index contributed by atoms with van der Waals surface area (Å²) in [6.07, 6.45) is 0. The van der Waals surface area contributed by atoms with Crippen LogP contribution in [0.15, 0.2) is 29.4 Å². The summed E-state index contributed by atoms with van der Waals surface area (Å²) in [5, 5.41) is 2.87. The molecule has 14 heavy (non-hydrogen) atoms. The summed E-state index contributed by atoms with van der Waals surface area (Å²) in [7, 11) is 0. The number of hydrogen-bond acceptors (Lipinski definition) is 3. The number of rotatable bonds is 3. The highest BCUT2D eigenvalue weighted by atomic mass is 16.5. The summed E-state index contributed by atoms with van der Waals surface area (Å²) in [5.74, 6) is 0.736. The Morgan fingerprint density at radius 2 is 1.93 bits per heavy atom. The van der Waals surface area contributed by atoms with Gasteiger partial charge in [-0.15, -0.1) is 0 Å². The van der Waals surface area contributed by atoms with E-state index in [0.29, 0.717) is 0 Å². The maximum Gasteiger partial charge on any atom is 0.125 e. The Morgan fingerprint density at radius 3 is 2.50 bits per heavy atom. The molecular weight excluding hydrogens is 178 g/mol. The van der Waals surface area contributed by atoms with E-state index >= 15 is 0 Å². The van der Waals surface area contributed by atoms with Gasteiger partial charge in [-0.2, -0.15) is 4.91 Å². The summed E-state index contributed by atoms with van der Waals surface area (Å²) >= 11 is 0. The first kappa shape index (κ1) is 10.7. The van der Waals surface area contributed by atoms with Crippen molar-refractivity contribution in [1.82, 2.24) is 0 Å². The van der Waals surface area contributed by atoms with Gasteiger partial charge in [0.25, 0.3) is 0 Å². The molecule has 0 aliphatic heterocycles. The molecule has 3 heteroatoms. The third-order valence-electron chi connectivity index (χ3n) is 1.62. The van der Waals surface area contributed by atoms with E-state index in [1.165, 1.54) is 0 Å². The third kappa shape index (κ3) is 3.17. The summed E-state index contributed by atoms with van der Waals surface area (Å²) in [5.41, 5.74) is 0.580. The zero-order valence-corrected chi connectivity index (χ0v) is 8.78. The van der Waals surface area contributed by atoms with Crippen LogP contribution < -0.4 is 4.74 Å². The van der Waals surface area contributed by atoms with Crippen LogP contribution >= 0.6 is 0 Å². The fourth-order valence-electron chi connectivity index (χ4n) is 1.13. The minimum Gasteiger partial charge on any atom is -0.488 e. The highest BCUT2D eigenvalue weighted by molar-refractivity contribution is 5.33. The van der Waals surface area contributed by atoms with Gasteiger partial charge in [0.15, 0.2) is 0 Å². The van der Waals surface area contributed by atoms with E-state index in [4.69, 9.17) is 4.74 Å². The Morgan fingerprint density at radius 1 is 1.29 bits per heavy atom. The minimum absolute atomic E-state index is 0.159. The summed E-state index contributed by atoms with van der Waals surface area (Å²) in [6.45, 7) is 6.07. The molecule has 0 heterocycles. The van der Waals surface area contributed by atoms with Crippen LogP contribution in [-0.2, 0) is 6.54 Å². The highest BCUT2D eigenvalue weighted by Crippen LogP contribution is 2.23. The van der Waals surface area contributed by atoms with Crippen LogP contribution in [0.4, 0.5) is 0 Å². The van der Waals surface area contributed by atoms with Crippen LogP contribution in [0.1, 0.15) is 26.3 Å². The lowest BCUT2D eigenvalue weighted by Gasteiger charge is -2.22. The fourth-order valence-corrected chi connectivity index (χ4v) is 1.13. The highest BCUT2D eigenvalue weighted by Gasteiger charge is 2.13. The van der Waals surface area contributed by atoms with Crippen LogP contribution in [0.5, 0.6) is 5.75 Å². The van der Waals surface area contributed by atoms with Gasteiger partial charge in [-0.25, -0.2) is 0 Å². The lowest BCUT2D eigenvalue weighted by atomic mass is 10.1. The zero-order chi connectivity index (χ0) is 10.6. The maximum atomic E-state index is 10.2. The smallest absolute Gasteiger partial charge is 0.125 e. The van der Waals surface area contributed by atoms with Crippen LogP contribution in [0.3, 0.4) is 0 Å². The minimum atomic E-state index is -0.251. The number of benzene rings is 1. The van der Waals surface area contributed by atoms with Gasteiger partial charge < -0.3 is 4.74 Å². The van der Waals surface area contributed by atoms with Gasteiger partial charge in [0.05, 0.1) is 0 Å². The lowest BCUT2D eigenvalue weighted by molar-refractivity contribution is 0.129. The molecule has 0 amide bonds. The molecule has 0 aromatic heterocycles. The van der Waals surface area contributed by atoms with Crippen molar-refractivity contribution in [3.05, 3.63) is 34.7 Å². The molecule has 1 rings (SSSR count). The molecule has 76 valence electrons. The monoisotopic (exact) mass is 193 g/mol. The van der Waals surface area contributed by atoms with Gasteiger partial charge in [-0.1, -0.05) is 23.4 Å². The van der Waals surface area contributed by atoms with Crippen molar-refractivity contribution in [3.8, 4) is 5.75 Å². The summed E-state index contributed by atoms with van der Waals surface area (Å²) < 4.78 is 5.69. The molecule has 0 atom stereocenters. The fraction of sp³-hybridized carbons (Fsp3) is 0.455. The van der Waals surface area contributed by atoms with Crippen molar-refractivity contribution in [1.29, 1.82) is 0 Å². The second-order valence-electron chi connectivity index (χ2n) is 4.11. The molecular formula is C11H15NO2. The van der Waals surface area contributed by atoms with Gasteiger partial charge in [0.1, 0.15) is 17.9 Å². The zero-order valence-electron chi connectivity index (χ0n) is 8.78. The van der Waals surface area contributed by atoms with Crippen LogP contribution in [0.2, 0.25) is 0 Å². The summed E-state index contributed by atoms with van der Waals surface area (Å²) in [6, 6.07) is 7.46. The van der Waals surface area contributed by atoms with Crippen molar-refractivity contribution in [2.24, 2.45) is 5.18 Å². The van der Waals surface area contributed by atoms with E-state index in [2.05, 4.69) is 5.18 Å². The van der Waals surface area contributed by atoms with Gasteiger partial charge >= 0.3 is 0 Å². The molecule has 0 saturated carbocycles. The lowest BCUT2D eigenvalue weighted by Crippen LogP contribution is -2.23. The van der Waals surface area contributed by atoms with Crippen molar-refractivity contribution in [3.63, 3.8) is 0 Å². The average molecular weight is 193 g/mol. The topological polar surface area (TPSA) is 38.7 Å². The van der Waals surface area contributed by atoms with Crippen molar-refractivity contribution in [2.75, 3.05) is 0 Å². The Labute approximate surface area is 84.1 Å². The van der Waals surface area contributed by atoms with E-state index < -0.39 is 0 Å². The number of nitroso groups, excluding NO2 is 1. The Bertz CT molecular complexity index is 315. The first-order valence-electron chi connectivity index (χ1n) is 4.59. The molecule has 0 bridgehead atoms. The van der Waals surface area contributed by atoms with Crippen LogP contribution in [-0.4, -0.2) is 5.60 Å². The largest absolute Gasteiger partial charge is 0.488 e. The summed E-state index contributed by atoms with van der Waals surface area (Å²) in [4.78, 5) is 10.2. The van der Waals surface area contributed by atoms with Crippen molar-refractivity contribution in [2.45, 2.75) is 32.9 Å². The maximum absolute atomic E-state index is 10.2. The number of hydrogen-bond donors (Lipinski definition) is 0.